The molecule has 198 valence electrons. The Hall–Kier alpha value is -4.86. The predicted octanol–water partition coefficient (Wildman–Crippen LogP) is 4.04. The van der Waals surface area contributed by atoms with Gasteiger partial charge >= 0.3 is 6.09 Å². The Bertz CT molecular complexity index is 1230. The van der Waals surface area contributed by atoms with Crippen LogP contribution in [0.2, 0.25) is 0 Å². The number of hydrogen-bond acceptors (Lipinski definition) is 7. The van der Waals surface area contributed by atoms with E-state index < -0.39 is 18.0 Å². The van der Waals surface area contributed by atoms with E-state index >= 15 is 0 Å². The molecule has 3 amide bonds. The number of anilines is 1. The van der Waals surface area contributed by atoms with E-state index in [1.165, 1.54) is 13.3 Å². The molecule has 0 bridgehead atoms. The minimum absolute atomic E-state index is 0.0404. The molecule has 0 saturated heterocycles. The highest BCUT2D eigenvalue weighted by Gasteiger charge is 2.19. The van der Waals surface area contributed by atoms with Crippen LogP contribution in [0.25, 0.3) is 0 Å². The number of nitrogens with zero attached hydrogens (tertiary/aromatic N) is 1. The van der Waals surface area contributed by atoms with E-state index in [-0.39, 0.29) is 25.5 Å². The van der Waals surface area contributed by atoms with Crippen molar-refractivity contribution in [2.24, 2.45) is 5.10 Å². The van der Waals surface area contributed by atoms with Crippen LogP contribution in [0.15, 0.2) is 84.0 Å². The van der Waals surface area contributed by atoms with E-state index in [1.807, 2.05) is 48.5 Å². The topological polar surface area (TPSA) is 127 Å². The molecule has 0 radical (unpaired) electrons. The third-order valence-electron chi connectivity index (χ3n) is 5.17. The molecule has 3 aromatic carbocycles. The summed E-state index contributed by atoms with van der Waals surface area (Å²) in [5, 5.41) is 9.44. The van der Waals surface area contributed by atoms with Crippen molar-refractivity contribution in [1.29, 1.82) is 0 Å². The molecule has 10 nitrogen and oxygen atoms in total. The molecule has 0 aromatic heterocycles. The summed E-state index contributed by atoms with van der Waals surface area (Å²) in [6, 6.07) is 22.6. The first kappa shape index (κ1) is 27.7. The van der Waals surface area contributed by atoms with Crippen molar-refractivity contribution in [2.75, 3.05) is 25.6 Å². The lowest BCUT2D eigenvalue weighted by Gasteiger charge is -2.18. The van der Waals surface area contributed by atoms with Gasteiger partial charge in [-0.2, -0.15) is 5.10 Å². The number of methoxy groups -OCH3 is 1. The lowest BCUT2D eigenvalue weighted by molar-refractivity contribution is -0.121. The Morgan fingerprint density at radius 3 is 2.32 bits per heavy atom. The smallest absolute Gasteiger partial charge is 0.407 e. The molecule has 1 atom stereocenters. The molecule has 0 aliphatic rings. The van der Waals surface area contributed by atoms with Crippen LogP contribution in [0, 0.1) is 0 Å². The second-order valence-corrected chi connectivity index (χ2v) is 7.94. The number of carbonyl (C=O) groups is 3. The first-order valence-corrected chi connectivity index (χ1v) is 11.9. The first-order valence-electron chi connectivity index (χ1n) is 11.9. The van der Waals surface area contributed by atoms with Gasteiger partial charge in [0, 0.05) is 5.69 Å². The summed E-state index contributed by atoms with van der Waals surface area (Å²) in [7, 11) is 1.48. The molecule has 0 fully saturated rings. The number of hydrogen-bond donors (Lipinski definition) is 3. The van der Waals surface area contributed by atoms with Gasteiger partial charge in [-0.1, -0.05) is 48.5 Å². The second-order valence-electron chi connectivity index (χ2n) is 7.94. The lowest BCUT2D eigenvalue weighted by atomic mass is 10.0. The van der Waals surface area contributed by atoms with E-state index in [2.05, 4.69) is 21.2 Å². The van der Waals surface area contributed by atoms with Gasteiger partial charge in [0.1, 0.15) is 0 Å². The maximum atomic E-state index is 12.5. The number of carbonyl (C=O) groups excluding carboxylic acids is 3. The molecule has 0 heterocycles. The van der Waals surface area contributed by atoms with Crippen molar-refractivity contribution in [1.82, 2.24) is 10.7 Å². The molecule has 38 heavy (non-hydrogen) atoms. The molecular weight excluding hydrogens is 488 g/mol. The van der Waals surface area contributed by atoms with Crippen LogP contribution in [-0.4, -0.2) is 44.4 Å². The Kier molecular flexibility index (Phi) is 10.7. The van der Waals surface area contributed by atoms with Crippen LogP contribution in [0.3, 0.4) is 0 Å². The summed E-state index contributed by atoms with van der Waals surface area (Å²) < 4.78 is 15.9. The van der Waals surface area contributed by atoms with E-state index in [4.69, 9.17) is 14.2 Å². The van der Waals surface area contributed by atoms with Crippen LogP contribution in [0.1, 0.15) is 30.5 Å². The van der Waals surface area contributed by atoms with E-state index in [0.717, 1.165) is 5.56 Å². The Morgan fingerprint density at radius 1 is 0.921 bits per heavy atom. The molecular formula is C28H30N4O6. The van der Waals surface area contributed by atoms with Gasteiger partial charge < -0.3 is 24.8 Å². The number of hydrazone groups is 1. The fraction of sp³-hybridized carbons (Fsp3) is 0.214. The van der Waals surface area contributed by atoms with Crippen molar-refractivity contribution in [3.63, 3.8) is 0 Å². The monoisotopic (exact) mass is 518 g/mol. The lowest BCUT2D eigenvalue weighted by Crippen LogP contribution is -2.33. The Labute approximate surface area is 221 Å². The molecule has 0 spiro atoms. The van der Waals surface area contributed by atoms with Crippen LogP contribution < -0.4 is 25.5 Å². The number of ether oxygens (including phenoxy) is 3. The number of para-hydroxylation sites is 1. The molecule has 0 saturated carbocycles. The van der Waals surface area contributed by atoms with Gasteiger partial charge in [0.15, 0.2) is 18.1 Å². The summed E-state index contributed by atoms with van der Waals surface area (Å²) in [6.07, 6.45) is 0.800. The zero-order chi connectivity index (χ0) is 27.2. The van der Waals surface area contributed by atoms with Crippen molar-refractivity contribution >= 4 is 29.8 Å². The van der Waals surface area contributed by atoms with Gasteiger partial charge in [0.2, 0.25) is 5.91 Å². The summed E-state index contributed by atoms with van der Waals surface area (Å²) in [4.78, 5) is 36.6. The minimum Gasteiger partial charge on any atom is -0.493 e. The van der Waals surface area contributed by atoms with Gasteiger partial charge in [-0.15, -0.1) is 0 Å². The normalized spacial score (nSPS) is 11.3. The van der Waals surface area contributed by atoms with E-state index in [0.29, 0.717) is 22.7 Å². The van der Waals surface area contributed by atoms with Crippen molar-refractivity contribution in [2.45, 2.75) is 19.4 Å². The highest BCUT2D eigenvalue weighted by atomic mass is 16.5. The SMILES string of the molecule is CCOC(=O)N[C@@H](CC(=O)N/N=C\c1ccc(OCC(=O)Nc2ccccc2)c(OC)c1)c1ccccc1. The van der Waals surface area contributed by atoms with Crippen LogP contribution in [-0.2, 0) is 14.3 Å². The maximum Gasteiger partial charge on any atom is 0.407 e. The average Bonchev–Trinajstić information content (AvgIpc) is 2.93. The maximum absolute atomic E-state index is 12.5. The minimum atomic E-state index is -0.607. The number of alkyl carbamates (subject to hydrolysis) is 1. The zero-order valence-corrected chi connectivity index (χ0v) is 21.2. The molecule has 0 unspecified atom stereocenters. The van der Waals surface area contributed by atoms with Gasteiger partial charge in [0.05, 0.1) is 32.4 Å². The Balaban J connectivity index is 1.55. The summed E-state index contributed by atoms with van der Waals surface area (Å²) in [6.45, 7) is 1.73. The average molecular weight is 519 g/mol. The number of amides is 3. The number of nitrogens with one attached hydrogen (secondary N) is 3. The first-order chi connectivity index (χ1) is 18.5. The fourth-order valence-corrected chi connectivity index (χ4v) is 3.41. The van der Waals surface area contributed by atoms with Gasteiger partial charge in [-0.3, -0.25) is 9.59 Å². The quantitative estimate of drug-likeness (QED) is 0.245. The third-order valence-corrected chi connectivity index (χ3v) is 5.17. The highest BCUT2D eigenvalue weighted by Crippen LogP contribution is 2.27. The fourth-order valence-electron chi connectivity index (χ4n) is 3.41. The number of benzene rings is 3. The predicted molar refractivity (Wildman–Crippen MR) is 143 cm³/mol. The molecule has 0 aliphatic heterocycles. The van der Waals surface area contributed by atoms with Crippen LogP contribution in [0.5, 0.6) is 11.5 Å². The van der Waals surface area contributed by atoms with Crippen LogP contribution in [0.4, 0.5) is 10.5 Å². The van der Waals surface area contributed by atoms with Gasteiger partial charge in [-0.05, 0) is 48.4 Å². The largest absolute Gasteiger partial charge is 0.493 e. The Morgan fingerprint density at radius 2 is 1.63 bits per heavy atom. The number of rotatable bonds is 12. The van der Waals surface area contributed by atoms with Crippen molar-refractivity contribution in [3.05, 3.63) is 90.0 Å². The molecule has 3 N–H and O–H groups in total. The van der Waals surface area contributed by atoms with Crippen molar-refractivity contribution in [3.8, 4) is 11.5 Å². The molecule has 0 aliphatic carbocycles. The molecule has 3 aromatic rings. The van der Waals surface area contributed by atoms with Gasteiger partial charge in [-0.25, -0.2) is 10.2 Å². The van der Waals surface area contributed by atoms with Crippen LogP contribution >= 0.6 is 0 Å². The molecule has 10 heteroatoms. The molecule has 3 rings (SSSR count). The van der Waals surface area contributed by atoms with Gasteiger partial charge in [0.25, 0.3) is 5.91 Å². The standard InChI is InChI=1S/C28H30N4O6/c1-3-37-28(35)31-23(21-10-6-4-7-11-21)17-26(33)32-29-18-20-14-15-24(25(16-20)36-2)38-19-27(34)30-22-12-8-5-9-13-22/h4-16,18,23H,3,17,19H2,1-2H3,(H,30,34)(H,31,35)(H,32,33)/b29-18-/t23-/m0/s1. The van der Waals surface area contributed by atoms with Crippen molar-refractivity contribution < 1.29 is 28.6 Å². The van der Waals surface area contributed by atoms with E-state index in [9.17, 15) is 14.4 Å². The third kappa shape index (κ3) is 8.98. The zero-order valence-electron chi connectivity index (χ0n) is 21.2. The summed E-state index contributed by atoms with van der Waals surface area (Å²) in [5.41, 5.74) is 4.53. The van der Waals surface area contributed by atoms with E-state index in [1.54, 1.807) is 37.3 Å². The second kappa shape index (κ2) is 14.6. The highest BCUT2D eigenvalue weighted by molar-refractivity contribution is 5.92. The summed E-state index contributed by atoms with van der Waals surface area (Å²) >= 11 is 0. The summed E-state index contributed by atoms with van der Waals surface area (Å²) in [5.74, 6) is 0.0734.